The largest absolute Gasteiger partial charge is 0.364 e. The average molecular weight is 153 g/mol. The molecule has 60 valence electrons. The van der Waals surface area contributed by atoms with E-state index in [-0.39, 0.29) is 0 Å². The van der Waals surface area contributed by atoms with E-state index in [1.807, 2.05) is 13.0 Å². The molecule has 0 spiro atoms. The first-order valence-electron chi connectivity index (χ1n) is 3.36. The molecule has 11 heavy (non-hydrogen) atoms. The highest BCUT2D eigenvalue weighted by Crippen LogP contribution is 2.12. The van der Waals surface area contributed by atoms with Gasteiger partial charge in [0.05, 0.1) is 0 Å². The first-order chi connectivity index (χ1) is 5.24. The zero-order chi connectivity index (χ0) is 8.27. The molecule has 1 unspecified atom stereocenters. The average Bonchev–Trinajstić information content (AvgIpc) is 2.03. The van der Waals surface area contributed by atoms with Crippen molar-refractivity contribution >= 4 is 0 Å². The number of hydrogen-bond acceptors (Lipinski definition) is 3. The molecule has 1 atom stereocenters. The molecular weight excluding hydrogens is 142 g/mol. The van der Waals surface area contributed by atoms with Crippen molar-refractivity contribution in [3.63, 3.8) is 0 Å². The van der Waals surface area contributed by atoms with Crippen molar-refractivity contribution in [2.45, 2.75) is 13.2 Å². The summed E-state index contributed by atoms with van der Waals surface area (Å²) in [7, 11) is 1.45. The SMILES string of the molecule is COC(O)c1cncc(C)c1. The number of aryl methyl sites for hydroxylation is 1. The molecular formula is C8H11NO2. The molecule has 0 aliphatic rings. The van der Waals surface area contributed by atoms with Gasteiger partial charge in [0.1, 0.15) is 0 Å². The van der Waals surface area contributed by atoms with Crippen LogP contribution in [0.2, 0.25) is 0 Å². The summed E-state index contributed by atoms with van der Waals surface area (Å²) in [5, 5.41) is 9.19. The van der Waals surface area contributed by atoms with E-state index in [1.54, 1.807) is 12.4 Å². The number of aliphatic hydroxyl groups excluding tert-OH is 1. The molecule has 0 radical (unpaired) electrons. The number of aromatic nitrogens is 1. The van der Waals surface area contributed by atoms with Gasteiger partial charge in [-0.3, -0.25) is 4.98 Å². The van der Waals surface area contributed by atoms with Gasteiger partial charge in [-0.1, -0.05) is 0 Å². The lowest BCUT2D eigenvalue weighted by molar-refractivity contribution is -0.0771. The fourth-order valence-corrected chi connectivity index (χ4v) is 0.849. The fraction of sp³-hybridized carbons (Fsp3) is 0.375. The van der Waals surface area contributed by atoms with Gasteiger partial charge in [0, 0.05) is 25.1 Å². The van der Waals surface area contributed by atoms with E-state index in [0.29, 0.717) is 5.56 Å². The second kappa shape index (κ2) is 3.46. The van der Waals surface area contributed by atoms with E-state index in [4.69, 9.17) is 4.74 Å². The van der Waals surface area contributed by atoms with Crippen molar-refractivity contribution in [2.24, 2.45) is 0 Å². The normalized spacial score (nSPS) is 13.0. The summed E-state index contributed by atoms with van der Waals surface area (Å²) in [5.74, 6) is 0. The molecule has 1 rings (SSSR count). The van der Waals surface area contributed by atoms with Crippen molar-refractivity contribution < 1.29 is 9.84 Å². The third-order valence-corrected chi connectivity index (χ3v) is 1.40. The van der Waals surface area contributed by atoms with Gasteiger partial charge in [0.15, 0.2) is 6.29 Å². The van der Waals surface area contributed by atoms with Gasteiger partial charge in [0.25, 0.3) is 0 Å². The summed E-state index contributed by atoms with van der Waals surface area (Å²) >= 11 is 0. The molecule has 0 saturated heterocycles. The van der Waals surface area contributed by atoms with Crippen LogP contribution in [0.25, 0.3) is 0 Å². The first kappa shape index (κ1) is 8.17. The Hall–Kier alpha value is -0.930. The van der Waals surface area contributed by atoms with E-state index in [0.717, 1.165) is 5.56 Å². The maximum absolute atomic E-state index is 9.19. The van der Waals surface area contributed by atoms with Gasteiger partial charge in [-0.05, 0) is 18.6 Å². The molecule has 3 nitrogen and oxygen atoms in total. The van der Waals surface area contributed by atoms with Gasteiger partial charge >= 0.3 is 0 Å². The summed E-state index contributed by atoms with van der Waals surface area (Å²) < 4.78 is 4.71. The second-order valence-electron chi connectivity index (χ2n) is 2.38. The minimum atomic E-state index is -0.859. The molecule has 0 aliphatic carbocycles. The van der Waals surface area contributed by atoms with Gasteiger partial charge < -0.3 is 9.84 Å². The van der Waals surface area contributed by atoms with Crippen molar-refractivity contribution in [3.8, 4) is 0 Å². The van der Waals surface area contributed by atoms with E-state index < -0.39 is 6.29 Å². The van der Waals surface area contributed by atoms with Gasteiger partial charge in [-0.25, -0.2) is 0 Å². The number of hydrogen-bond donors (Lipinski definition) is 1. The minimum Gasteiger partial charge on any atom is -0.364 e. The summed E-state index contributed by atoms with van der Waals surface area (Å²) in [5.41, 5.74) is 1.70. The molecule has 0 aliphatic heterocycles. The van der Waals surface area contributed by atoms with Crippen LogP contribution in [0.3, 0.4) is 0 Å². The molecule has 0 saturated carbocycles. The zero-order valence-electron chi connectivity index (χ0n) is 6.61. The van der Waals surface area contributed by atoms with Crippen LogP contribution < -0.4 is 0 Å². The number of nitrogens with zero attached hydrogens (tertiary/aromatic N) is 1. The van der Waals surface area contributed by atoms with Gasteiger partial charge in [-0.2, -0.15) is 0 Å². The lowest BCUT2D eigenvalue weighted by Crippen LogP contribution is -1.99. The molecule has 1 aromatic rings. The van der Waals surface area contributed by atoms with Crippen molar-refractivity contribution in [2.75, 3.05) is 7.11 Å². The van der Waals surface area contributed by atoms with Crippen LogP contribution in [0.15, 0.2) is 18.5 Å². The van der Waals surface area contributed by atoms with Crippen molar-refractivity contribution in [1.82, 2.24) is 4.98 Å². The molecule has 1 N–H and O–H groups in total. The maximum Gasteiger partial charge on any atom is 0.182 e. The third kappa shape index (κ3) is 2.00. The predicted octanol–water partition coefficient (Wildman–Crippen LogP) is 1.03. The van der Waals surface area contributed by atoms with Crippen LogP contribution in [0.4, 0.5) is 0 Å². The summed E-state index contributed by atoms with van der Waals surface area (Å²) in [6.45, 7) is 1.92. The highest BCUT2D eigenvalue weighted by molar-refractivity contribution is 5.17. The summed E-state index contributed by atoms with van der Waals surface area (Å²) in [6.07, 6.45) is 2.45. The molecule has 1 aromatic heterocycles. The van der Waals surface area contributed by atoms with Crippen LogP contribution in [0.5, 0.6) is 0 Å². The zero-order valence-corrected chi connectivity index (χ0v) is 6.61. The van der Waals surface area contributed by atoms with E-state index >= 15 is 0 Å². The van der Waals surface area contributed by atoms with Crippen LogP contribution in [0, 0.1) is 6.92 Å². The Morgan fingerprint density at radius 3 is 2.82 bits per heavy atom. The highest BCUT2D eigenvalue weighted by Gasteiger charge is 2.04. The Labute approximate surface area is 65.7 Å². The molecule has 3 heteroatoms. The number of aliphatic hydroxyl groups is 1. The van der Waals surface area contributed by atoms with E-state index in [2.05, 4.69) is 4.98 Å². The molecule has 0 bridgehead atoms. The highest BCUT2D eigenvalue weighted by atomic mass is 16.6. The Balaban J connectivity index is 2.86. The Kier molecular flexibility index (Phi) is 2.57. The van der Waals surface area contributed by atoms with Gasteiger partial charge in [0.2, 0.25) is 0 Å². The van der Waals surface area contributed by atoms with Crippen LogP contribution in [-0.2, 0) is 4.74 Å². The molecule has 1 heterocycles. The lowest BCUT2D eigenvalue weighted by atomic mass is 10.2. The number of methoxy groups -OCH3 is 1. The van der Waals surface area contributed by atoms with E-state index in [9.17, 15) is 5.11 Å². The lowest BCUT2D eigenvalue weighted by Gasteiger charge is -2.07. The summed E-state index contributed by atoms with van der Waals surface area (Å²) in [6, 6.07) is 1.83. The maximum atomic E-state index is 9.19. The quantitative estimate of drug-likeness (QED) is 0.645. The Bertz CT molecular complexity index is 237. The molecule has 0 amide bonds. The molecule has 0 fully saturated rings. The Morgan fingerprint density at radius 2 is 2.27 bits per heavy atom. The number of pyridine rings is 1. The van der Waals surface area contributed by atoms with Gasteiger partial charge in [-0.15, -0.1) is 0 Å². The van der Waals surface area contributed by atoms with Crippen molar-refractivity contribution in [1.29, 1.82) is 0 Å². The summed E-state index contributed by atoms with van der Waals surface area (Å²) in [4.78, 5) is 3.91. The number of ether oxygens (including phenoxy) is 1. The van der Waals surface area contributed by atoms with Crippen LogP contribution >= 0.6 is 0 Å². The van der Waals surface area contributed by atoms with Crippen molar-refractivity contribution in [3.05, 3.63) is 29.6 Å². The fourth-order valence-electron chi connectivity index (χ4n) is 0.849. The monoisotopic (exact) mass is 153 g/mol. The van der Waals surface area contributed by atoms with Crippen LogP contribution in [-0.4, -0.2) is 17.2 Å². The van der Waals surface area contributed by atoms with Crippen LogP contribution in [0.1, 0.15) is 17.4 Å². The smallest absolute Gasteiger partial charge is 0.182 e. The standard InChI is InChI=1S/C8H11NO2/c1-6-3-7(5-9-4-6)8(10)11-2/h3-5,8,10H,1-2H3. The first-order valence-corrected chi connectivity index (χ1v) is 3.36. The minimum absolute atomic E-state index is 0.688. The Morgan fingerprint density at radius 1 is 1.55 bits per heavy atom. The van der Waals surface area contributed by atoms with E-state index in [1.165, 1.54) is 7.11 Å². The number of rotatable bonds is 2. The predicted molar refractivity (Wildman–Crippen MR) is 40.9 cm³/mol. The molecule has 0 aromatic carbocycles. The third-order valence-electron chi connectivity index (χ3n) is 1.40. The second-order valence-corrected chi connectivity index (χ2v) is 2.38. The topological polar surface area (TPSA) is 42.4 Å².